The summed E-state index contributed by atoms with van der Waals surface area (Å²) in [7, 11) is -3.62. The van der Waals surface area contributed by atoms with Gasteiger partial charge in [0.2, 0.25) is 10.0 Å². The Labute approximate surface area is 177 Å². The smallest absolute Gasteiger partial charge is 0.254 e. The maximum atomic E-state index is 13.3. The van der Waals surface area contributed by atoms with Gasteiger partial charge in [-0.1, -0.05) is 26.0 Å². The van der Waals surface area contributed by atoms with Gasteiger partial charge in [-0.05, 0) is 42.5 Å². The number of sulfonamides is 1. The summed E-state index contributed by atoms with van der Waals surface area (Å²) in [5, 5.41) is 1.99. The summed E-state index contributed by atoms with van der Waals surface area (Å²) >= 11 is 1.60. The lowest BCUT2D eigenvalue weighted by molar-refractivity contribution is 0.0509. The Balaban J connectivity index is 1.86. The van der Waals surface area contributed by atoms with Gasteiger partial charge in [0.25, 0.3) is 5.91 Å². The summed E-state index contributed by atoms with van der Waals surface area (Å²) in [4.78, 5) is 16.3. The number of carbonyl (C=O) groups excluding carboxylic acids is 1. The number of hydrogen-bond acceptors (Lipinski definition) is 5. The van der Waals surface area contributed by atoms with Crippen molar-refractivity contribution < 1.29 is 17.9 Å². The zero-order valence-corrected chi connectivity index (χ0v) is 18.5. The van der Waals surface area contributed by atoms with Gasteiger partial charge in [-0.15, -0.1) is 11.3 Å². The first-order chi connectivity index (χ1) is 14.0. The molecule has 0 aliphatic carbocycles. The largest absolute Gasteiger partial charge is 0.376 e. The van der Waals surface area contributed by atoms with Gasteiger partial charge in [-0.3, -0.25) is 4.79 Å². The number of nitrogens with zero attached hydrogens (tertiary/aromatic N) is 2. The molecule has 1 unspecified atom stereocenters. The Morgan fingerprint density at radius 3 is 2.62 bits per heavy atom. The van der Waals surface area contributed by atoms with Crippen LogP contribution in [0.25, 0.3) is 0 Å². The van der Waals surface area contributed by atoms with E-state index in [1.807, 2.05) is 17.5 Å². The maximum absolute atomic E-state index is 13.3. The van der Waals surface area contributed by atoms with E-state index in [0.717, 1.165) is 24.3 Å². The molecule has 1 amide bonds. The molecule has 6 nitrogen and oxygen atoms in total. The lowest BCUT2D eigenvalue weighted by Gasteiger charge is -2.25. The van der Waals surface area contributed by atoms with E-state index in [4.69, 9.17) is 4.74 Å². The highest BCUT2D eigenvalue weighted by atomic mass is 32.2. The van der Waals surface area contributed by atoms with Crippen LogP contribution in [0.1, 0.15) is 41.9 Å². The fourth-order valence-corrected chi connectivity index (χ4v) is 5.75. The Morgan fingerprint density at radius 2 is 2.00 bits per heavy atom. The van der Waals surface area contributed by atoms with Gasteiger partial charge in [0, 0.05) is 36.7 Å². The van der Waals surface area contributed by atoms with Gasteiger partial charge in [-0.2, -0.15) is 4.31 Å². The van der Waals surface area contributed by atoms with E-state index in [0.29, 0.717) is 31.7 Å². The van der Waals surface area contributed by atoms with Crippen LogP contribution in [0.5, 0.6) is 0 Å². The molecule has 0 N–H and O–H groups in total. The second-order valence-corrected chi connectivity index (χ2v) is 9.99. The quantitative estimate of drug-likeness (QED) is 0.602. The average Bonchev–Trinajstić information content (AvgIpc) is 3.42. The minimum Gasteiger partial charge on any atom is -0.376 e. The van der Waals surface area contributed by atoms with Crippen LogP contribution < -0.4 is 0 Å². The fraction of sp³-hybridized carbons (Fsp3) is 0.476. The molecule has 158 valence electrons. The third-order valence-corrected chi connectivity index (χ3v) is 7.99. The van der Waals surface area contributed by atoms with Crippen molar-refractivity contribution in [1.82, 2.24) is 9.21 Å². The molecule has 1 fully saturated rings. The van der Waals surface area contributed by atoms with Crippen molar-refractivity contribution in [2.75, 3.05) is 26.2 Å². The van der Waals surface area contributed by atoms with Crippen LogP contribution in [-0.4, -0.2) is 55.9 Å². The summed E-state index contributed by atoms with van der Waals surface area (Å²) in [5.74, 6) is -0.175. The number of hydrogen-bond donors (Lipinski definition) is 0. The molecule has 2 aromatic rings. The average molecular weight is 437 g/mol. The molecule has 1 saturated heterocycles. The van der Waals surface area contributed by atoms with Crippen molar-refractivity contribution in [3.05, 3.63) is 52.2 Å². The van der Waals surface area contributed by atoms with Crippen molar-refractivity contribution in [1.29, 1.82) is 0 Å². The summed E-state index contributed by atoms with van der Waals surface area (Å²) in [6, 6.07) is 10.3. The Hall–Kier alpha value is -1.74. The van der Waals surface area contributed by atoms with Gasteiger partial charge in [0.1, 0.15) is 0 Å². The predicted molar refractivity (Wildman–Crippen MR) is 115 cm³/mol. The molecular weight excluding hydrogens is 408 g/mol. The van der Waals surface area contributed by atoms with Gasteiger partial charge < -0.3 is 9.64 Å². The van der Waals surface area contributed by atoms with E-state index in [1.165, 1.54) is 10.4 Å². The van der Waals surface area contributed by atoms with E-state index in [1.54, 1.807) is 48.3 Å². The van der Waals surface area contributed by atoms with Gasteiger partial charge in [-0.25, -0.2) is 8.42 Å². The first kappa shape index (κ1) is 22.0. The van der Waals surface area contributed by atoms with Crippen LogP contribution in [0.3, 0.4) is 0 Å². The minimum atomic E-state index is -3.62. The van der Waals surface area contributed by atoms with Crippen molar-refractivity contribution in [2.24, 2.45) is 0 Å². The van der Waals surface area contributed by atoms with Crippen LogP contribution in [0.4, 0.5) is 0 Å². The van der Waals surface area contributed by atoms with Gasteiger partial charge >= 0.3 is 0 Å². The highest BCUT2D eigenvalue weighted by molar-refractivity contribution is 7.89. The van der Waals surface area contributed by atoms with Crippen LogP contribution >= 0.6 is 11.3 Å². The second kappa shape index (κ2) is 9.84. The third kappa shape index (κ3) is 5.25. The van der Waals surface area contributed by atoms with Crippen LogP contribution in [-0.2, 0) is 21.3 Å². The van der Waals surface area contributed by atoms with Crippen molar-refractivity contribution >= 4 is 27.3 Å². The molecule has 0 saturated carbocycles. The third-order valence-electron chi connectivity index (χ3n) is 5.09. The van der Waals surface area contributed by atoms with E-state index in [2.05, 4.69) is 0 Å². The molecule has 2 heterocycles. The predicted octanol–water partition coefficient (Wildman–Crippen LogP) is 3.60. The first-order valence-electron chi connectivity index (χ1n) is 9.99. The maximum Gasteiger partial charge on any atom is 0.254 e. The summed E-state index contributed by atoms with van der Waals surface area (Å²) in [6.07, 6.45) is 1.97. The number of benzene rings is 1. The minimum absolute atomic E-state index is 0.0292. The number of rotatable bonds is 9. The number of ether oxygens (including phenoxy) is 1. The van der Waals surface area contributed by atoms with Crippen LogP contribution in [0.2, 0.25) is 0 Å². The van der Waals surface area contributed by atoms with Crippen molar-refractivity contribution in [2.45, 2.75) is 44.2 Å². The molecule has 1 atom stereocenters. The first-order valence-corrected chi connectivity index (χ1v) is 12.3. The highest BCUT2D eigenvalue weighted by Crippen LogP contribution is 2.22. The standard InChI is InChI=1S/C21H28N2O4S2/c1-3-23(4-2)29(25,26)20-11-5-8-17(14-20)21(24)22(15-18-9-6-12-27-18)16-19-10-7-13-28-19/h5,7-8,10-11,13-14,18H,3-4,6,9,12,15-16H2,1-2H3. The highest BCUT2D eigenvalue weighted by Gasteiger charge is 2.26. The molecule has 1 aliphatic rings. The van der Waals surface area contributed by atoms with E-state index in [-0.39, 0.29) is 16.9 Å². The number of amides is 1. The lowest BCUT2D eigenvalue weighted by Crippen LogP contribution is -2.37. The molecule has 0 radical (unpaired) electrons. The molecule has 3 rings (SSSR count). The molecule has 1 aromatic heterocycles. The van der Waals surface area contributed by atoms with E-state index < -0.39 is 10.0 Å². The fourth-order valence-electron chi connectivity index (χ4n) is 3.53. The molecule has 1 aromatic carbocycles. The monoisotopic (exact) mass is 436 g/mol. The van der Waals surface area contributed by atoms with Gasteiger partial charge in [0.05, 0.1) is 17.5 Å². The molecule has 29 heavy (non-hydrogen) atoms. The molecular formula is C21H28N2O4S2. The van der Waals surface area contributed by atoms with E-state index in [9.17, 15) is 13.2 Å². The van der Waals surface area contributed by atoms with Crippen LogP contribution in [0.15, 0.2) is 46.7 Å². The zero-order valence-electron chi connectivity index (χ0n) is 16.9. The Morgan fingerprint density at radius 1 is 1.21 bits per heavy atom. The number of carbonyl (C=O) groups is 1. The topological polar surface area (TPSA) is 66.9 Å². The lowest BCUT2D eigenvalue weighted by atomic mass is 10.1. The summed E-state index contributed by atoms with van der Waals surface area (Å²) in [5.41, 5.74) is 0.382. The molecule has 8 heteroatoms. The Kier molecular flexibility index (Phi) is 7.45. The second-order valence-electron chi connectivity index (χ2n) is 7.02. The van der Waals surface area contributed by atoms with E-state index >= 15 is 0 Å². The van der Waals surface area contributed by atoms with Gasteiger partial charge in [0.15, 0.2) is 0 Å². The normalized spacial score (nSPS) is 17.0. The summed E-state index contributed by atoms with van der Waals surface area (Å²) in [6.45, 7) is 6.11. The Bertz CT molecular complexity index is 903. The zero-order chi connectivity index (χ0) is 20.9. The molecule has 1 aliphatic heterocycles. The van der Waals surface area contributed by atoms with Crippen LogP contribution in [0, 0.1) is 0 Å². The summed E-state index contributed by atoms with van der Waals surface area (Å²) < 4.78 is 32.8. The van der Waals surface area contributed by atoms with Crippen molar-refractivity contribution in [3.63, 3.8) is 0 Å². The van der Waals surface area contributed by atoms with Crippen molar-refractivity contribution in [3.8, 4) is 0 Å². The number of thiophene rings is 1. The molecule has 0 spiro atoms. The SMILES string of the molecule is CCN(CC)S(=O)(=O)c1cccc(C(=O)N(Cc2cccs2)CC2CCCO2)c1. The molecule has 0 bridgehead atoms.